The van der Waals surface area contributed by atoms with Crippen LogP contribution in [0.25, 0.3) is 21.8 Å². The Morgan fingerprint density at radius 2 is 1.78 bits per heavy atom. The van der Waals surface area contributed by atoms with Gasteiger partial charge in [-0.05, 0) is 47.5 Å². The average Bonchev–Trinajstić information content (AvgIpc) is 3.21. The summed E-state index contributed by atoms with van der Waals surface area (Å²) in [5, 5.41) is 4.94. The Morgan fingerprint density at radius 3 is 2.53 bits per heavy atom. The zero-order valence-electron chi connectivity index (χ0n) is 18.2. The Balaban J connectivity index is 1.48. The maximum absolute atomic E-state index is 13.7. The summed E-state index contributed by atoms with van der Waals surface area (Å²) >= 11 is 0. The lowest BCUT2D eigenvalue weighted by Crippen LogP contribution is -2.32. The first-order valence-corrected chi connectivity index (χ1v) is 10.5. The third kappa shape index (κ3) is 4.15. The molecule has 0 spiro atoms. The molecule has 1 amide bonds. The van der Waals surface area contributed by atoms with E-state index in [0.717, 1.165) is 26.7 Å². The van der Waals surface area contributed by atoms with E-state index in [1.807, 2.05) is 43.3 Å². The number of alkyl halides is 2. The second kappa shape index (κ2) is 8.94. The van der Waals surface area contributed by atoms with Crippen molar-refractivity contribution in [1.82, 2.24) is 14.9 Å². The van der Waals surface area contributed by atoms with Crippen LogP contribution >= 0.6 is 0 Å². The van der Waals surface area contributed by atoms with Gasteiger partial charge < -0.3 is 10.1 Å². The smallest absolute Gasteiger partial charge is 0.320 e. The fourth-order valence-electron chi connectivity index (χ4n) is 3.90. The number of fused-ring (bicyclic) bond motifs is 2. The highest BCUT2D eigenvalue weighted by Crippen LogP contribution is 2.28. The number of imidazole rings is 1. The number of rotatable bonds is 7. The number of hydrogen-bond donors (Lipinski definition) is 1. The van der Waals surface area contributed by atoms with Crippen molar-refractivity contribution in [2.45, 2.75) is 32.2 Å². The van der Waals surface area contributed by atoms with Crippen molar-refractivity contribution in [1.29, 1.82) is 0 Å². The molecule has 0 aliphatic carbocycles. The lowest BCUT2D eigenvalue weighted by molar-refractivity contribution is -0.122. The van der Waals surface area contributed by atoms with E-state index in [4.69, 9.17) is 4.74 Å². The van der Waals surface area contributed by atoms with Crippen molar-refractivity contribution < 1.29 is 18.3 Å². The fraction of sp³-hybridized carbons (Fsp3) is 0.280. The van der Waals surface area contributed by atoms with Crippen LogP contribution < -0.4 is 10.1 Å². The first-order valence-electron chi connectivity index (χ1n) is 10.5. The Bertz CT molecular complexity index is 1270. The Hall–Kier alpha value is -3.48. The molecule has 0 bridgehead atoms. The highest BCUT2D eigenvalue weighted by Gasteiger charge is 2.23. The summed E-state index contributed by atoms with van der Waals surface area (Å²) in [6, 6.07) is 18.5. The number of halogens is 2. The topological polar surface area (TPSA) is 56.1 Å². The van der Waals surface area contributed by atoms with Gasteiger partial charge in [0.1, 0.15) is 11.6 Å². The number of methoxy groups -OCH3 is 1. The van der Waals surface area contributed by atoms with Gasteiger partial charge in [-0.25, -0.2) is 4.98 Å². The van der Waals surface area contributed by atoms with Crippen molar-refractivity contribution >= 4 is 27.7 Å². The number of amides is 1. The van der Waals surface area contributed by atoms with Crippen LogP contribution in [0.1, 0.15) is 43.6 Å². The van der Waals surface area contributed by atoms with Crippen LogP contribution in [0.5, 0.6) is 5.75 Å². The quantitative estimate of drug-likeness (QED) is 0.408. The molecule has 4 rings (SSSR count). The number of benzene rings is 3. The molecule has 2 atom stereocenters. The maximum Gasteiger partial charge on any atom is 0.320 e. The molecule has 3 aromatic carbocycles. The van der Waals surface area contributed by atoms with E-state index >= 15 is 0 Å². The molecule has 0 unspecified atom stereocenters. The van der Waals surface area contributed by atoms with Crippen LogP contribution in [-0.2, 0) is 4.79 Å². The standard InChI is InChI=1S/C25H25F2N3O2/c1-15(23-29-21-6-4-5-7-22(21)30(23)25(26)27)14-28-24(31)16(2)17-8-9-19-13-20(32-3)11-10-18(19)12-17/h4-13,15-16,25H,14H2,1-3H3,(H,28,31)/t15-,16-/m0/s1. The Labute approximate surface area is 185 Å². The van der Waals surface area contributed by atoms with Gasteiger partial charge in [-0.2, -0.15) is 8.78 Å². The number of para-hydroxylation sites is 2. The summed E-state index contributed by atoms with van der Waals surface area (Å²) in [6.45, 7) is 1.13. The van der Waals surface area contributed by atoms with Gasteiger partial charge in [-0.3, -0.25) is 9.36 Å². The van der Waals surface area contributed by atoms with Crippen molar-refractivity contribution in [3.8, 4) is 5.75 Å². The van der Waals surface area contributed by atoms with Crippen LogP contribution in [0.4, 0.5) is 8.78 Å². The minimum Gasteiger partial charge on any atom is -0.497 e. The zero-order valence-corrected chi connectivity index (χ0v) is 18.2. The van der Waals surface area contributed by atoms with Gasteiger partial charge in [0.25, 0.3) is 0 Å². The number of carbonyl (C=O) groups is 1. The molecule has 1 heterocycles. The summed E-state index contributed by atoms with van der Waals surface area (Å²) in [4.78, 5) is 17.2. The van der Waals surface area contributed by atoms with Gasteiger partial charge in [0, 0.05) is 12.5 Å². The van der Waals surface area contributed by atoms with Gasteiger partial charge in [0.15, 0.2) is 0 Å². The zero-order chi connectivity index (χ0) is 22.8. The molecule has 7 heteroatoms. The Morgan fingerprint density at radius 1 is 1.06 bits per heavy atom. The highest BCUT2D eigenvalue weighted by molar-refractivity contribution is 5.88. The molecule has 0 saturated heterocycles. The lowest BCUT2D eigenvalue weighted by Gasteiger charge is -2.17. The third-order valence-electron chi connectivity index (χ3n) is 5.81. The van der Waals surface area contributed by atoms with Gasteiger partial charge >= 0.3 is 6.55 Å². The average molecular weight is 437 g/mol. The summed E-state index contributed by atoms with van der Waals surface area (Å²) < 4.78 is 33.6. The third-order valence-corrected chi connectivity index (χ3v) is 5.81. The van der Waals surface area contributed by atoms with Crippen molar-refractivity contribution in [3.63, 3.8) is 0 Å². The van der Waals surface area contributed by atoms with Crippen molar-refractivity contribution in [3.05, 3.63) is 72.1 Å². The normalized spacial score (nSPS) is 13.4. The first kappa shape index (κ1) is 21.7. The minimum absolute atomic E-state index is 0.163. The molecule has 4 aromatic rings. The van der Waals surface area contributed by atoms with E-state index in [2.05, 4.69) is 10.3 Å². The molecule has 0 saturated carbocycles. The van der Waals surface area contributed by atoms with Crippen LogP contribution in [-0.4, -0.2) is 29.1 Å². The summed E-state index contributed by atoms with van der Waals surface area (Å²) in [6.07, 6.45) is 0. The van der Waals surface area contributed by atoms with E-state index < -0.39 is 6.55 Å². The molecule has 1 N–H and O–H groups in total. The predicted molar refractivity (Wildman–Crippen MR) is 121 cm³/mol. The summed E-state index contributed by atoms with van der Waals surface area (Å²) in [7, 11) is 1.62. The van der Waals surface area contributed by atoms with Crippen LogP contribution in [0.15, 0.2) is 60.7 Å². The molecule has 0 fully saturated rings. The Kier molecular flexibility index (Phi) is 6.08. The number of carbonyl (C=O) groups excluding carboxylic acids is 1. The number of nitrogens with one attached hydrogen (secondary N) is 1. The molecular formula is C25H25F2N3O2. The molecule has 0 aliphatic rings. The molecule has 0 aliphatic heterocycles. The molecule has 0 radical (unpaired) electrons. The monoisotopic (exact) mass is 437 g/mol. The van der Waals surface area contributed by atoms with E-state index in [1.54, 1.807) is 38.3 Å². The maximum atomic E-state index is 13.7. The highest BCUT2D eigenvalue weighted by atomic mass is 19.3. The molecule has 166 valence electrons. The van der Waals surface area contributed by atoms with Crippen molar-refractivity contribution in [2.24, 2.45) is 0 Å². The van der Waals surface area contributed by atoms with Crippen LogP contribution in [0.2, 0.25) is 0 Å². The van der Waals surface area contributed by atoms with Gasteiger partial charge in [-0.1, -0.05) is 43.3 Å². The summed E-state index contributed by atoms with van der Waals surface area (Å²) in [5.41, 5.74) is 1.78. The van der Waals surface area contributed by atoms with Gasteiger partial charge in [0.05, 0.1) is 24.1 Å². The number of aromatic nitrogens is 2. The van der Waals surface area contributed by atoms with Crippen molar-refractivity contribution in [2.75, 3.05) is 13.7 Å². The minimum atomic E-state index is -2.70. The molecule has 1 aromatic heterocycles. The van der Waals surface area contributed by atoms with Crippen LogP contribution in [0, 0.1) is 0 Å². The second-order valence-electron chi connectivity index (χ2n) is 7.95. The predicted octanol–water partition coefficient (Wildman–Crippen LogP) is 5.62. The van der Waals surface area contributed by atoms with E-state index in [9.17, 15) is 13.6 Å². The number of hydrogen-bond acceptors (Lipinski definition) is 3. The molecule has 32 heavy (non-hydrogen) atoms. The lowest BCUT2D eigenvalue weighted by atomic mass is 9.96. The largest absolute Gasteiger partial charge is 0.497 e. The SMILES string of the molecule is COc1ccc2cc([C@H](C)C(=O)NC[C@H](C)c3nc4ccccc4n3C(F)F)ccc2c1. The molecule has 5 nitrogen and oxygen atoms in total. The van der Waals surface area contributed by atoms with Crippen LogP contribution in [0.3, 0.4) is 0 Å². The fourth-order valence-corrected chi connectivity index (χ4v) is 3.90. The summed E-state index contributed by atoms with van der Waals surface area (Å²) in [5.74, 6) is 0.109. The van der Waals surface area contributed by atoms with E-state index in [-0.39, 0.29) is 30.1 Å². The van der Waals surface area contributed by atoms with Gasteiger partial charge in [-0.15, -0.1) is 0 Å². The van der Waals surface area contributed by atoms with E-state index in [1.165, 1.54) is 0 Å². The number of nitrogens with zero attached hydrogens (tertiary/aromatic N) is 2. The molecular weight excluding hydrogens is 412 g/mol. The van der Waals surface area contributed by atoms with Gasteiger partial charge in [0.2, 0.25) is 5.91 Å². The van der Waals surface area contributed by atoms with E-state index in [0.29, 0.717) is 11.0 Å². The first-order chi connectivity index (χ1) is 15.4. The second-order valence-corrected chi connectivity index (χ2v) is 7.95. The number of ether oxygens (including phenoxy) is 1.